The summed E-state index contributed by atoms with van der Waals surface area (Å²) in [6, 6.07) is 9.68. The van der Waals surface area contributed by atoms with Crippen LogP contribution in [0.15, 0.2) is 47.0 Å². The highest BCUT2D eigenvalue weighted by Gasteiger charge is 2.31. The molecule has 2 unspecified atom stereocenters. The summed E-state index contributed by atoms with van der Waals surface area (Å²) >= 11 is 5.79. The van der Waals surface area contributed by atoms with Crippen LogP contribution < -0.4 is 5.32 Å². The van der Waals surface area contributed by atoms with Gasteiger partial charge in [0.25, 0.3) is 0 Å². The van der Waals surface area contributed by atoms with E-state index in [4.69, 9.17) is 16.1 Å². The van der Waals surface area contributed by atoms with Crippen molar-refractivity contribution in [1.29, 1.82) is 0 Å². The maximum atomic E-state index is 13.5. The van der Waals surface area contributed by atoms with Gasteiger partial charge in [0.05, 0.1) is 17.0 Å². The van der Waals surface area contributed by atoms with E-state index in [1.807, 2.05) is 11.8 Å². The monoisotopic (exact) mass is 446 g/mol. The highest BCUT2D eigenvalue weighted by molar-refractivity contribution is 6.31. The molecule has 1 aliphatic rings. The Labute approximate surface area is 183 Å². The minimum Gasteiger partial charge on any atom is -0.339 e. The quantitative estimate of drug-likeness (QED) is 0.605. The van der Waals surface area contributed by atoms with Crippen molar-refractivity contribution in [2.45, 2.75) is 31.7 Å². The third-order valence-electron chi connectivity index (χ3n) is 5.44. The van der Waals surface area contributed by atoms with Gasteiger partial charge in [-0.05, 0) is 56.6 Å². The van der Waals surface area contributed by atoms with Crippen LogP contribution in [0.4, 0.5) is 14.5 Å². The number of likely N-dealkylation sites (tertiary alicyclic amines) is 1. The molecule has 9 heteroatoms. The van der Waals surface area contributed by atoms with Gasteiger partial charge in [-0.1, -0.05) is 28.9 Å². The first kappa shape index (κ1) is 21.4. The molecule has 1 aliphatic heterocycles. The van der Waals surface area contributed by atoms with Crippen LogP contribution in [0.1, 0.15) is 31.6 Å². The van der Waals surface area contributed by atoms with Crippen molar-refractivity contribution < 1.29 is 18.1 Å². The number of benzene rings is 2. The maximum Gasteiger partial charge on any atom is 0.241 e. The number of amides is 1. The number of rotatable bonds is 5. The Kier molecular flexibility index (Phi) is 6.29. The molecule has 1 amide bonds. The molecule has 2 atom stereocenters. The molecule has 3 aromatic rings. The van der Waals surface area contributed by atoms with Gasteiger partial charge in [-0.3, -0.25) is 9.69 Å². The standard InChI is InChI=1S/C22H21ClF2N4O2/c1-13(21(30)26-17-7-8-19(25)18(23)11-17)29-9-3-5-15(12-29)22-27-20(28-31-22)14-4-2-6-16(24)10-14/h2,4,6-8,10-11,13,15H,3,5,9,12H2,1H3,(H,26,30). The fourth-order valence-corrected chi connectivity index (χ4v) is 3.87. The summed E-state index contributed by atoms with van der Waals surface area (Å²) in [4.78, 5) is 19.2. The molecular weight excluding hydrogens is 426 g/mol. The van der Waals surface area contributed by atoms with Gasteiger partial charge in [-0.2, -0.15) is 4.98 Å². The van der Waals surface area contributed by atoms with Crippen molar-refractivity contribution >= 4 is 23.2 Å². The third kappa shape index (κ3) is 4.91. The van der Waals surface area contributed by atoms with Gasteiger partial charge in [-0.25, -0.2) is 8.78 Å². The molecule has 2 aromatic carbocycles. The average molecular weight is 447 g/mol. The molecule has 1 aromatic heterocycles. The Morgan fingerprint density at radius 1 is 1.29 bits per heavy atom. The fourth-order valence-electron chi connectivity index (χ4n) is 3.69. The highest BCUT2D eigenvalue weighted by atomic mass is 35.5. The van der Waals surface area contributed by atoms with Gasteiger partial charge in [0.1, 0.15) is 11.6 Å². The number of nitrogens with zero attached hydrogens (tertiary/aromatic N) is 3. The summed E-state index contributed by atoms with van der Waals surface area (Å²) in [5.74, 6) is -0.334. The lowest BCUT2D eigenvalue weighted by atomic mass is 9.96. The number of anilines is 1. The normalized spacial score (nSPS) is 18.0. The lowest BCUT2D eigenvalue weighted by Gasteiger charge is -2.34. The summed E-state index contributed by atoms with van der Waals surface area (Å²) in [6.07, 6.45) is 1.71. The number of carbonyl (C=O) groups is 1. The Hall–Kier alpha value is -2.84. The van der Waals surface area contributed by atoms with E-state index in [9.17, 15) is 13.6 Å². The zero-order valence-corrected chi connectivity index (χ0v) is 17.6. The topological polar surface area (TPSA) is 71.3 Å². The van der Waals surface area contributed by atoms with Crippen LogP contribution in [-0.4, -0.2) is 40.1 Å². The Morgan fingerprint density at radius 3 is 2.90 bits per heavy atom. The largest absolute Gasteiger partial charge is 0.339 e. The number of hydrogen-bond acceptors (Lipinski definition) is 5. The second-order valence-corrected chi connectivity index (χ2v) is 8.00. The predicted octanol–water partition coefficient (Wildman–Crippen LogP) is 4.87. The van der Waals surface area contributed by atoms with E-state index < -0.39 is 11.9 Å². The molecule has 1 fully saturated rings. The first-order valence-corrected chi connectivity index (χ1v) is 10.4. The minimum absolute atomic E-state index is 0.0286. The van der Waals surface area contributed by atoms with E-state index in [1.165, 1.54) is 30.3 Å². The molecule has 1 saturated heterocycles. The van der Waals surface area contributed by atoms with E-state index in [2.05, 4.69) is 15.5 Å². The van der Waals surface area contributed by atoms with Gasteiger partial charge in [0.2, 0.25) is 17.6 Å². The minimum atomic E-state index is -0.538. The van der Waals surface area contributed by atoms with Crippen molar-refractivity contribution in [2.75, 3.05) is 18.4 Å². The molecule has 1 N–H and O–H groups in total. The molecule has 0 aliphatic carbocycles. The van der Waals surface area contributed by atoms with Crippen LogP contribution in [0.5, 0.6) is 0 Å². The van der Waals surface area contributed by atoms with E-state index in [1.54, 1.807) is 12.1 Å². The van der Waals surface area contributed by atoms with Crippen molar-refractivity contribution in [1.82, 2.24) is 15.0 Å². The Bertz CT molecular complexity index is 1090. The molecule has 0 radical (unpaired) electrons. The summed E-state index contributed by atoms with van der Waals surface area (Å²) in [5, 5.41) is 6.71. The molecule has 2 heterocycles. The van der Waals surface area contributed by atoms with Crippen LogP contribution in [0.3, 0.4) is 0 Å². The van der Waals surface area contributed by atoms with E-state index in [0.29, 0.717) is 29.5 Å². The van der Waals surface area contributed by atoms with Crippen LogP contribution >= 0.6 is 11.6 Å². The second-order valence-electron chi connectivity index (χ2n) is 7.59. The lowest BCUT2D eigenvalue weighted by molar-refractivity contribution is -0.121. The summed E-state index contributed by atoms with van der Waals surface area (Å²) in [5.41, 5.74) is 0.988. The number of hydrogen-bond donors (Lipinski definition) is 1. The predicted molar refractivity (Wildman–Crippen MR) is 113 cm³/mol. The third-order valence-corrected chi connectivity index (χ3v) is 5.73. The van der Waals surface area contributed by atoms with Gasteiger partial charge in [0, 0.05) is 17.8 Å². The van der Waals surface area contributed by atoms with E-state index in [-0.39, 0.29) is 22.7 Å². The molecule has 6 nitrogen and oxygen atoms in total. The Morgan fingerprint density at radius 2 is 2.13 bits per heavy atom. The van der Waals surface area contributed by atoms with Crippen molar-refractivity contribution in [2.24, 2.45) is 0 Å². The fraction of sp³-hybridized carbons (Fsp3) is 0.318. The molecule has 0 spiro atoms. The zero-order chi connectivity index (χ0) is 22.0. The molecule has 162 valence electrons. The molecule has 0 saturated carbocycles. The van der Waals surface area contributed by atoms with Crippen molar-refractivity contribution in [3.63, 3.8) is 0 Å². The van der Waals surface area contributed by atoms with Crippen molar-refractivity contribution in [3.8, 4) is 11.4 Å². The first-order chi connectivity index (χ1) is 14.9. The van der Waals surface area contributed by atoms with Gasteiger partial charge < -0.3 is 9.84 Å². The number of nitrogens with one attached hydrogen (secondary N) is 1. The van der Waals surface area contributed by atoms with Gasteiger partial charge in [0.15, 0.2) is 0 Å². The second kappa shape index (κ2) is 9.11. The smallest absolute Gasteiger partial charge is 0.241 e. The summed E-state index contributed by atoms with van der Waals surface area (Å²) < 4.78 is 32.2. The molecule has 0 bridgehead atoms. The lowest BCUT2D eigenvalue weighted by Crippen LogP contribution is -2.46. The van der Waals surface area contributed by atoms with Crippen LogP contribution in [0.2, 0.25) is 5.02 Å². The summed E-state index contributed by atoms with van der Waals surface area (Å²) in [6.45, 7) is 3.14. The van der Waals surface area contributed by atoms with Crippen molar-refractivity contribution in [3.05, 3.63) is 65.0 Å². The zero-order valence-electron chi connectivity index (χ0n) is 16.8. The first-order valence-electron chi connectivity index (χ1n) is 10.00. The average Bonchev–Trinajstić information content (AvgIpc) is 3.26. The van der Waals surface area contributed by atoms with Crippen LogP contribution in [0.25, 0.3) is 11.4 Å². The molecule has 31 heavy (non-hydrogen) atoms. The summed E-state index contributed by atoms with van der Waals surface area (Å²) in [7, 11) is 0. The van der Waals surface area contributed by atoms with E-state index >= 15 is 0 Å². The van der Waals surface area contributed by atoms with E-state index in [0.717, 1.165) is 19.4 Å². The van der Waals surface area contributed by atoms with Gasteiger partial charge in [-0.15, -0.1) is 0 Å². The number of piperidine rings is 1. The molecular formula is C22H21ClF2N4O2. The van der Waals surface area contributed by atoms with Gasteiger partial charge >= 0.3 is 0 Å². The molecule has 4 rings (SSSR count). The number of carbonyl (C=O) groups excluding carboxylic acids is 1. The maximum absolute atomic E-state index is 13.5. The number of aromatic nitrogens is 2. The number of halogens is 3. The van der Waals surface area contributed by atoms with Crippen LogP contribution in [-0.2, 0) is 4.79 Å². The SMILES string of the molecule is CC(C(=O)Nc1ccc(F)c(Cl)c1)N1CCCC(c2nc(-c3cccc(F)c3)no2)C1. The van der Waals surface area contributed by atoms with Crippen LogP contribution in [0, 0.1) is 11.6 Å². The highest BCUT2D eigenvalue weighted by Crippen LogP contribution is 2.29. The Balaban J connectivity index is 1.42.